The van der Waals surface area contributed by atoms with Gasteiger partial charge in [0, 0.05) is 16.9 Å². The van der Waals surface area contributed by atoms with Crippen molar-refractivity contribution in [3.05, 3.63) is 80.7 Å². The zero-order valence-corrected chi connectivity index (χ0v) is 15.7. The molecule has 0 aliphatic carbocycles. The molecule has 0 radical (unpaired) electrons. The summed E-state index contributed by atoms with van der Waals surface area (Å²) in [5.74, 6) is -1.56. The largest absolute Gasteiger partial charge is 0.325 e. The SMILES string of the molecule is Cc1c(Cl)cccc1Nc1nc(=O)c(P)cn1Cc1ccc(F)c(F)c1. The van der Waals surface area contributed by atoms with Gasteiger partial charge < -0.3 is 9.88 Å². The molecule has 0 amide bonds. The molecule has 1 unspecified atom stereocenters. The standard InChI is InChI=1S/C18H15ClF2N3OP/c1-10-12(19)3-2-4-15(10)22-18-23-17(25)16(26)9-24(18)8-11-5-6-13(20)14(21)7-11/h2-7,9H,8,26H2,1H3,(H,22,23,25). The molecule has 0 saturated carbocycles. The molecule has 2 aromatic carbocycles. The van der Waals surface area contributed by atoms with E-state index in [4.69, 9.17) is 11.6 Å². The number of hydrogen-bond donors (Lipinski definition) is 1. The van der Waals surface area contributed by atoms with Crippen LogP contribution in [-0.4, -0.2) is 9.55 Å². The van der Waals surface area contributed by atoms with Crippen LogP contribution in [-0.2, 0) is 6.54 Å². The van der Waals surface area contributed by atoms with E-state index in [2.05, 4.69) is 19.5 Å². The topological polar surface area (TPSA) is 46.9 Å². The Labute approximate surface area is 156 Å². The molecule has 0 spiro atoms. The van der Waals surface area contributed by atoms with E-state index >= 15 is 0 Å². The Kier molecular flexibility index (Phi) is 5.35. The molecular formula is C18H15ClF2N3OP. The zero-order chi connectivity index (χ0) is 18.8. The van der Waals surface area contributed by atoms with Gasteiger partial charge in [-0.1, -0.05) is 33.0 Å². The number of halogens is 3. The highest BCUT2D eigenvalue weighted by atomic mass is 35.5. The zero-order valence-electron chi connectivity index (χ0n) is 13.8. The third-order valence-corrected chi connectivity index (χ3v) is 4.68. The van der Waals surface area contributed by atoms with E-state index in [-0.39, 0.29) is 12.5 Å². The lowest BCUT2D eigenvalue weighted by atomic mass is 10.2. The highest BCUT2D eigenvalue weighted by Crippen LogP contribution is 2.25. The van der Waals surface area contributed by atoms with Crippen LogP contribution in [0.2, 0.25) is 5.02 Å². The maximum atomic E-state index is 13.5. The predicted molar refractivity (Wildman–Crippen MR) is 103 cm³/mol. The second-order valence-corrected chi connectivity index (χ2v) is 6.77. The van der Waals surface area contributed by atoms with E-state index in [0.29, 0.717) is 21.6 Å². The first-order valence-electron chi connectivity index (χ1n) is 7.68. The lowest BCUT2D eigenvalue weighted by molar-refractivity contribution is 0.506. The van der Waals surface area contributed by atoms with Crippen LogP contribution in [0.5, 0.6) is 0 Å². The number of aromatic nitrogens is 2. The molecule has 3 aromatic rings. The Balaban J connectivity index is 2.01. The van der Waals surface area contributed by atoms with Crippen molar-refractivity contribution in [3.63, 3.8) is 0 Å². The van der Waals surface area contributed by atoms with E-state index in [1.54, 1.807) is 22.9 Å². The van der Waals surface area contributed by atoms with Gasteiger partial charge in [0.2, 0.25) is 5.95 Å². The van der Waals surface area contributed by atoms with Crippen LogP contribution < -0.4 is 16.2 Å². The third kappa shape index (κ3) is 3.92. The van der Waals surface area contributed by atoms with Crippen molar-refractivity contribution in [1.29, 1.82) is 0 Å². The number of nitrogens with zero attached hydrogens (tertiary/aromatic N) is 2. The maximum Gasteiger partial charge on any atom is 0.281 e. The molecule has 3 rings (SSSR count). The maximum absolute atomic E-state index is 13.5. The van der Waals surface area contributed by atoms with Gasteiger partial charge in [-0.05, 0) is 42.3 Å². The summed E-state index contributed by atoms with van der Waals surface area (Å²) in [6, 6.07) is 9.01. The number of nitrogens with one attached hydrogen (secondary N) is 1. The van der Waals surface area contributed by atoms with Gasteiger partial charge in [-0.15, -0.1) is 0 Å². The molecule has 26 heavy (non-hydrogen) atoms. The van der Waals surface area contributed by atoms with E-state index in [9.17, 15) is 13.6 Å². The number of hydrogen-bond acceptors (Lipinski definition) is 3. The molecule has 1 heterocycles. The normalized spacial score (nSPS) is 10.8. The minimum atomic E-state index is -0.928. The summed E-state index contributed by atoms with van der Waals surface area (Å²) in [4.78, 5) is 16.0. The summed E-state index contributed by atoms with van der Waals surface area (Å²) in [6.45, 7) is 2.04. The minimum absolute atomic E-state index is 0.202. The quantitative estimate of drug-likeness (QED) is 0.686. The average Bonchev–Trinajstić information content (AvgIpc) is 2.59. The van der Waals surface area contributed by atoms with Crippen LogP contribution in [0.3, 0.4) is 0 Å². The van der Waals surface area contributed by atoms with Gasteiger partial charge in [0.1, 0.15) is 0 Å². The summed E-state index contributed by atoms with van der Waals surface area (Å²) in [5, 5.41) is 4.02. The highest BCUT2D eigenvalue weighted by molar-refractivity contribution is 7.27. The molecule has 0 fully saturated rings. The van der Waals surface area contributed by atoms with Crippen molar-refractivity contribution >= 4 is 37.8 Å². The fourth-order valence-electron chi connectivity index (χ4n) is 2.43. The molecule has 1 aromatic heterocycles. The molecule has 0 aliphatic heterocycles. The predicted octanol–water partition coefficient (Wildman–Crippen LogP) is 3.78. The van der Waals surface area contributed by atoms with E-state index in [1.165, 1.54) is 6.07 Å². The van der Waals surface area contributed by atoms with Crippen molar-refractivity contribution in [2.75, 3.05) is 5.32 Å². The Morgan fingerprint density at radius 2 is 2.00 bits per heavy atom. The summed E-state index contributed by atoms with van der Waals surface area (Å²) in [7, 11) is 2.31. The van der Waals surface area contributed by atoms with Crippen LogP contribution in [0.15, 0.2) is 47.4 Å². The van der Waals surface area contributed by atoms with Crippen molar-refractivity contribution in [3.8, 4) is 0 Å². The summed E-state index contributed by atoms with van der Waals surface area (Å²) in [6.07, 6.45) is 1.59. The second-order valence-electron chi connectivity index (χ2n) is 5.74. The molecule has 134 valence electrons. The van der Waals surface area contributed by atoms with Crippen molar-refractivity contribution in [2.45, 2.75) is 13.5 Å². The molecule has 4 nitrogen and oxygen atoms in total. The van der Waals surface area contributed by atoms with Gasteiger partial charge in [-0.25, -0.2) is 8.78 Å². The van der Waals surface area contributed by atoms with Gasteiger partial charge in [0.25, 0.3) is 5.56 Å². The van der Waals surface area contributed by atoms with Crippen LogP contribution >= 0.6 is 20.8 Å². The van der Waals surface area contributed by atoms with E-state index < -0.39 is 17.2 Å². The first-order valence-corrected chi connectivity index (χ1v) is 8.63. The first-order chi connectivity index (χ1) is 12.3. The number of benzene rings is 2. The van der Waals surface area contributed by atoms with Crippen molar-refractivity contribution < 1.29 is 8.78 Å². The van der Waals surface area contributed by atoms with Crippen LogP contribution in [0.4, 0.5) is 20.4 Å². The average molecular weight is 394 g/mol. The number of rotatable bonds is 4. The summed E-state index contributed by atoms with van der Waals surface area (Å²) in [5.41, 5.74) is 1.63. The summed E-state index contributed by atoms with van der Waals surface area (Å²) < 4.78 is 28.3. The smallest absolute Gasteiger partial charge is 0.281 e. The fourth-order valence-corrected chi connectivity index (χ4v) is 2.85. The number of anilines is 2. The Bertz CT molecular complexity index is 1040. The van der Waals surface area contributed by atoms with Gasteiger partial charge in [-0.2, -0.15) is 4.98 Å². The van der Waals surface area contributed by atoms with Crippen molar-refractivity contribution in [1.82, 2.24) is 9.55 Å². The van der Waals surface area contributed by atoms with Gasteiger partial charge in [-0.3, -0.25) is 4.79 Å². The Hall–Kier alpha value is -2.30. The minimum Gasteiger partial charge on any atom is -0.325 e. The van der Waals surface area contributed by atoms with E-state index in [0.717, 1.165) is 17.7 Å². The van der Waals surface area contributed by atoms with E-state index in [1.807, 2.05) is 13.0 Å². The highest BCUT2D eigenvalue weighted by Gasteiger charge is 2.11. The Morgan fingerprint density at radius 3 is 2.73 bits per heavy atom. The lowest BCUT2D eigenvalue weighted by Crippen LogP contribution is -2.27. The first kappa shape index (κ1) is 18.5. The van der Waals surface area contributed by atoms with Gasteiger partial charge in [0.15, 0.2) is 11.6 Å². The van der Waals surface area contributed by atoms with Gasteiger partial charge >= 0.3 is 0 Å². The Morgan fingerprint density at radius 1 is 1.23 bits per heavy atom. The molecule has 1 N–H and O–H groups in total. The van der Waals surface area contributed by atoms with Crippen LogP contribution in [0.1, 0.15) is 11.1 Å². The van der Waals surface area contributed by atoms with Gasteiger partial charge in [0.05, 0.1) is 11.8 Å². The monoisotopic (exact) mass is 393 g/mol. The van der Waals surface area contributed by atoms with Crippen LogP contribution in [0.25, 0.3) is 0 Å². The molecule has 0 aliphatic rings. The third-order valence-electron chi connectivity index (χ3n) is 3.87. The molecule has 0 saturated heterocycles. The molecule has 8 heteroatoms. The molecule has 0 bridgehead atoms. The fraction of sp³-hybridized carbons (Fsp3) is 0.111. The molecular weight excluding hydrogens is 379 g/mol. The lowest BCUT2D eigenvalue weighted by Gasteiger charge is -2.16. The molecule has 1 atom stereocenters. The summed E-state index contributed by atoms with van der Waals surface area (Å²) >= 11 is 6.13. The second kappa shape index (κ2) is 7.52. The van der Waals surface area contributed by atoms with Crippen LogP contribution in [0, 0.1) is 18.6 Å². The van der Waals surface area contributed by atoms with Crippen molar-refractivity contribution in [2.24, 2.45) is 0 Å².